The summed E-state index contributed by atoms with van der Waals surface area (Å²) in [5, 5.41) is 8.81. The number of rotatable bonds is 4. The first-order chi connectivity index (χ1) is 7.42. The predicted molar refractivity (Wildman–Crippen MR) is 51.1 cm³/mol. The minimum atomic E-state index is -4.22. The third-order valence-electron chi connectivity index (χ3n) is 1.89. The molecule has 0 aliphatic carbocycles. The van der Waals surface area contributed by atoms with Crippen molar-refractivity contribution >= 4 is 0 Å². The van der Waals surface area contributed by atoms with E-state index in [2.05, 4.69) is 4.98 Å². The molecule has 6 heteroatoms. The third kappa shape index (κ3) is 4.06. The van der Waals surface area contributed by atoms with Gasteiger partial charge in [-0.1, -0.05) is 0 Å². The Morgan fingerprint density at radius 1 is 1.44 bits per heavy atom. The average molecular weight is 235 g/mol. The van der Waals surface area contributed by atoms with Gasteiger partial charge in [0.1, 0.15) is 0 Å². The van der Waals surface area contributed by atoms with E-state index in [0.29, 0.717) is 11.1 Å². The van der Waals surface area contributed by atoms with E-state index in [-0.39, 0.29) is 12.5 Å². The number of alkyl halides is 3. The van der Waals surface area contributed by atoms with Crippen LogP contribution in [-0.4, -0.2) is 22.9 Å². The molecule has 0 spiro atoms. The molecule has 0 saturated heterocycles. The quantitative estimate of drug-likeness (QED) is 0.870. The van der Waals surface area contributed by atoms with Gasteiger partial charge < -0.3 is 9.84 Å². The van der Waals surface area contributed by atoms with Crippen LogP contribution in [0.5, 0.6) is 5.88 Å². The highest BCUT2D eigenvalue weighted by Gasteiger charge is 2.27. The fourth-order valence-corrected chi connectivity index (χ4v) is 1.12. The van der Waals surface area contributed by atoms with Crippen LogP contribution in [0.15, 0.2) is 12.3 Å². The summed E-state index contributed by atoms with van der Waals surface area (Å²) in [5.41, 5.74) is 1.20. The highest BCUT2D eigenvalue weighted by atomic mass is 19.4. The largest absolute Gasteiger partial charge is 0.477 e. The molecule has 0 amide bonds. The van der Waals surface area contributed by atoms with Crippen molar-refractivity contribution in [1.82, 2.24) is 4.98 Å². The lowest BCUT2D eigenvalue weighted by Gasteiger charge is -2.10. The Balaban J connectivity index is 2.55. The number of aromatic nitrogens is 1. The number of ether oxygens (including phenoxy) is 1. The number of hydrogen-bond donors (Lipinski definition) is 1. The zero-order valence-electron chi connectivity index (χ0n) is 8.71. The Bertz CT molecular complexity index is 352. The second kappa shape index (κ2) is 5.16. The topological polar surface area (TPSA) is 42.4 Å². The molecule has 1 heterocycles. The molecule has 0 bridgehead atoms. The molecule has 0 aliphatic heterocycles. The highest BCUT2D eigenvalue weighted by Crippen LogP contribution is 2.21. The molecular formula is C10H12F3NO2. The van der Waals surface area contributed by atoms with Gasteiger partial charge in [-0.05, 0) is 18.6 Å². The molecule has 0 unspecified atom stereocenters. The Hall–Kier alpha value is -1.30. The van der Waals surface area contributed by atoms with Crippen molar-refractivity contribution < 1.29 is 23.0 Å². The Morgan fingerprint density at radius 2 is 2.12 bits per heavy atom. The molecule has 0 saturated carbocycles. The maximum Gasteiger partial charge on any atom is 0.392 e. The van der Waals surface area contributed by atoms with Crippen LogP contribution in [0.3, 0.4) is 0 Å². The summed E-state index contributed by atoms with van der Waals surface area (Å²) < 4.78 is 40.4. The minimum Gasteiger partial charge on any atom is -0.477 e. The van der Waals surface area contributed by atoms with E-state index < -0.39 is 19.2 Å². The molecule has 1 rings (SSSR count). The lowest BCUT2D eigenvalue weighted by atomic mass is 10.2. The molecule has 90 valence electrons. The summed E-state index contributed by atoms with van der Waals surface area (Å²) in [4.78, 5) is 3.82. The molecule has 0 aromatic carbocycles. The molecule has 0 fully saturated rings. The van der Waals surface area contributed by atoms with Crippen LogP contribution in [0.4, 0.5) is 13.2 Å². The third-order valence-corrected chi connectivity index (χ3v) is 1.89. The van der Waals surface area contributed by atoms with Crippen molar-refractivity contribution in [2.24, 2.45) is 0 Å². The van der Waals surface area contributed by atoms with Crippen LogP contribution in [0.25, 0.3) is 0 Å². The molecule has 0 atom stereocenters. The fraction of sp³-hybridized carbons (Fsp3) is 0.500. The lowest BCUT2D eigenvalue weighted by molar-refractivity contribution is -0.139. The smallest absolute Gasteiger partial charge is 0.392 e. The zero-order chi connectivity index (χ0) is 12.2. The van der Waals surface area contributed by atoms with Gasteiger partial charge in [0, 0.05) is 11.8 Å². The van der Waals surface area contributed by atoms with Gasteiger partial charge in [-0.3, -0.25) is 0 Å². The van der Waals surface area contributed by atoms with Gasteiger partial charge in [-0.25, -0.2) is 4.98 Å². The second-order valence-electron chi connectivity index (χ2n) is 3.34. The molecular weight excluding hydrogens is 223 g/mol. The van der Waals surface area contributed by atoms with Gasteiger partial charge in [0.05, 0.1) is 19.6 Å². The van der Waals surface area contributed by atoms with Gasteiger partial charge in [0.25, 0.3) is 0 Å². The molecule has 1 aromatic rings. The Kier molecular flexibility index (Phi) is 4.12. The van der Waals surface area contributed by atoms with Crippen molar-refractivity contribution in [3.8, 4) is 5.88 Å². The van der Waals surface area contributed by atoms with Gasteiger partial charge in [-0.2, -0.15) is 13.2 Å². The van der Waals surface area contributed by atoms with Crippen LogP contribution >= 0.6 is 0 Å². The molecule has 0 aliphatic rings. The molecule has 16 heavy (non-hydrogen) atoms. The second-order valence-corrected chi connectivity index (χ2v) is 3.34. The first-order valence-corrected chi connectivity index (χ1v) is 4.68. The maximum atomic E-state index is 11.8. The van der Waals surface area contributed by atoms with Gasteiger partial charge in [0.15, 0.2) is 0 Å². The summed E-state index contributed by atoms with van der Waals surface area (Å²) in [6, 6.07) is 1.62. The number of hydrogen-bond acceptors (Lipinski definition) is 3. The normalized spacial score (nSPS) is 11.6. The summed E-state index contributed by atoms with van der Waals surface area (Å²) in [6.07, 6.45) is -3.86. The first-order valence-electron chi connectivity index (χ1n) is 4.68. The van der Waals surface area contributed by atoms with Gasteiger partial charge >= 0.3 is 6.18 Å². The standard InChI is InChI=1S/C10H12F3NO2/c1-7-4-8(6-15)5-14-9(7)16-3-2-10(11,12)13/h4-5,15H,2-3,6H2,1H3. The van der Waals surface area contributed by atoms with Crippen molar-refractivity contribution in [3.63, 3.8) is 0 Å². The van der Waals surface area contributed by atoms with Crippen molar-refractivity contribution in [3.05, 3.63) is 23.4 Å². The van der Waals surface area contributed by atoms with E-state index in [0.717, 1.165) is 0 Å². The van der Waals surface area contributed by atoms with E-state index >= 15 is 0 Å². The monoisotopic (exact) mass is 235 g/mol. The molecule has 1 aromatic heterocycles. The summed E-state index contributed by atoms with van der Waals surface area (Å²) in [5.74, 6) is 0.168. The number of aliphatic hydroxyl groups excluding tert-OH is 1. The number of aliphatic hydroxyl groups is 1. The van der Waals surface area contributed by atoms with Crippen LogP contribution in [0.1, 0.15) is 17.5 Å². The molecule has 0 radical (unpaired) electrons. The summed E-state index contributed by atoms with van der Waals surface area (Å²) in [7, 11) is 0. The van der Waals surface area contributed by atoms with Crippen molar-refractivity contribution in [2.45, 2.75) is 26.1 Å². The van der Waals surface area contributed by atoms with E-state index in [1.807, 2.05) is 0 Å². The average Bonchev–Trinajstić information content (AvgIpc) is 2.18. The van der Waals surface area contributed by atoms with Gasteiger partial charge in [0.2, 0.25) is 5.88 Å². The van der Waals surface area contributed by atoms with Gasteiger partial charge in [-0.15, -0.1) is 0 Å². The predicted octanol–water partition coefficient (Wildman–Crippen LogP) is 2.21. The number of aryl methyl sites for hydroxylation is 1. The number of nitrogens with zero attached hydrogens (tertiary/aromatic N) is 1. The van der Waals surface area contributed by atoms with E-state index in [4.69, 9.17) is 9.84 Å². The first kappa shape index (κ1) is 12.8. The summed E-state index contributed by atoms with van der Waals surface area (Å²) >= 11 is 0. The Labute approximate surface area is 90.9 Å². The molecule has 1 N–H and O–H groups in total. The van der Waals surface area contributed by atoms with Crippen LogP contribution in [0.2, 0.25) is 0 Å². The molecule has 3 nitrogen and oxygen atoms in total. The number of halogens is 3. The van der Waals surface area contributed by atoms with E-state index in [1.165, 1.54) is 6.20 Å². The Morgan fingerprint density at radius 3 is 2.62 bits per heavy atom. The number of pyridine rings is 1. The van der Waals surface area contributed by atoms with E-state index in [1.54, 1.807) is 13.0 Å². The minimum absolute atomic E-state index is 0.156. The summed E-state index contributed by atoms with van der Waals surface area (Å²) in [6.45, 7) is 1.06. The van der Waals surface area contributed by atoms with Crippen LogP contribution in [0, 0.1) is 6.92 Å². The van der Waals surface area contributed by atoms with E-state index in [9.17, 15) is 13.2 Å². The zero-order valence-corrected chi connectivity index (χ0v) is 8.71. The van der Waals surface area contributed by atoms with Crippen LogP contribution in [-0.2, 0) is 6.61 Å². The highest BCUT2D eigenvalue weighted by molar-refractivity contribution is 5.28. The SMILES string of the molecule is Cc1cc(CO)cnc1OCCC(F)(F)F. The van der Waals surface area contributed by atoms with Crippen molar-refractivity contribution in [1.29, 1.82) is 0 Å². The maximum absolute atomic E-state index is 11.8. The fourth-order valence-electron chi connectivity index (χ4n) is 1.12. The lowest BCUT2D eigenvalue weighted by Crippen LogP contribution is -2.13. The van der Waals surface area contributed by atoms with Crippen molar-refractivity contribution in [2.75, 3.05) is 6.61 Å². The van der Waals surface area contributed by atoms with Crippen LogP contribution < -0.4 is 4.74 Å².